The first-order valence-corrected chi connectivity index (χ1v) is 6.08. The maximum atomic E-state index is 10.2. The lowest BCUT2D eigenvalue weighted by molar-refractivity contribution is -0.0663. The Kier molecular flexibility index (Phi) is 5.37. The van der Waals surface area contributed by atoms with Gasteiger partial charge in [0.2, 0.25) is 0 Å². The van der Waals surface area contributed by atoms with Gasteiger partial charge in [0.1, 0.15) is 5.82 Å². The Morgan fingerprint density at radius 1 is 1.50 bits per heavy atom. The second kappa shape index (κ2) is 6.56. The van der Waals surface area contributed by atoms with Gasteiger partial charge in [-0.2, -0.15) is 0 Å². The first kappa shape index (κ1) is 14.7. The van der Waals surface area contributed by atoms with E-state index in [2.05, 4.69) is 16.6 Å². The van der Waals surface area contributed by atoms with E-state index >= 15 is 0 Å². The molecule has 0 bridgehead atoms. The van der Waals surface area contributed by atoms with Crippen LogP contribution in [-0.2, 0) is 4.74 Å². The Bertz CT molecular complexity index is 342. The molecule has 0 aliphatic carbocycles. The van der Waals surface area contributed by atoms with Crippen LogP contribution >= 0.6 is 0 Å². The first-order chi connectivity index (χ1) is 8.50. The van der Waals surface area contributed by atoms with Crippen LogP contribution in [-0.4, -0.2) is 49.1 Å². The Balaban J connectivity index is 2.55. The van der Waals surface area contributed by atoms with Crippen LogP contribution in [0.1, 0.15) is 19.8 Å². The number of hydrogen-bond acceptors (Lipinski definition) is 5. The molecule has 102 valence electrons. The lowest BCUT2D eigenvalue weighted by atomic mass is 9.92. The van der Waals surface area contributed by atoms with Crippen LogP contribution in [0.4, 0.5) is 0 Å². The summed E-state index contributed by atoms with van der Waals surface area (Å²) < 4.78 is 5.05. The lowest BCUT2D eigenvalue weighted by Gasteiger charge is -2.39. The van der Waals surface area contributed by atoms with E-state index in [0.717, 1.165) is 18.8 Å². The van der Waals surface area contributed by atoms with Crippen molar-refractivity contribution in [1.82, 2.24) is 4.90 Å². The van der Waals surface area contributed by atoms with Crippen molar-refractivity contribution in [2.24, 2.45) is 10.7 Å². The Hall–Kier alpha value is -1.33. The average Bonchev–Trinajstić information content (AvgIpc) is 2.36. The van der Waals surface area contributed by atoms with Gasteiger partial charge < -0.3 is 20.5 Å². The number of hydrogen-bond donors (Lipinski definition) is 2. The third-order valence-electron chi connectivity index (χ3n) is 3.28. The van der Waals surface area contributed by atoms with Crippen molar-refractivity contribution in [1.29, 1.82) is 0 Å². The predicted molar refractivity (Wildman–Crippen MR) is 73.2 cm³/mol. The molecule has 0 aromatic heterocycles. The Labute approximate surface area is 109 Å². The number of rotatable bonds is 5. The van der Waals surface area contributed by atoms with E-state index in [-0.39, 0.29) is 0 Å². The molecule has 5 nitrogen and oxygen atoms in total. The molecule has 1 rings (SSSR count). The fraction of sp³-hybridized carbons (Fsp3) is 0.615. The number of nitrogens with zero attached hydrogens (tertiary/aromatic N) is 2. The highest BCUT2D eigenvalue weighted by Gasteiger charge is 2.32. The van der Waals surface area contributed by atoms with Gasteiger partial charge in [0.25, 0.3) is 0 Å². The standard InChI is InChI=1S/C13H23N3O2/c1-11(4-5-12(14)15-2)16-8-6-13(17,7-9-16)10-18-3/h4-5,17H,2,6-10,14H2,1,3H3/b11-4+,12-5-. The molecule has 0 atom stereocenters. The predicted octanol–water partition coefficient (Wildman–Crippen LogP) is 0.864. The zero-order valence-corrected chi connectivity index (χ0v) is 11.2. The molecule has 0 spiro atoms. The molecule has 0 saturated carbocycles. The molecule has 1 aliphatic rings. The third kappa shape index (κ3) is 4.16. The average molecular weight is 253 g/mol. The van der Waals surface area contributed by atoms with Crippen molar-refractivity contribution in [2.45, 2.75) is 25.4 Å². The molecule has 5 heteroatoms. The summed E-state index contributed by atoms with van der Waals surface area (Å²) in [5.74, 6) is 0.405. The molecule has 18 heavy (non-hydrogen) atoms. The van der Waals surface area contributed by atoms with Crippen molar-refractivity contribution in [3.05, 3.63) is 23.7 Å². The van der Waals surface area contributed by atoms with E-state index in [4.69, 9.17) is 10.5 Å². The molecule has 0 amide bonds. The summed E-state index contributed by atoms with van der Waals surface area (Å²) in [4.78, 5) is 5.84. The molecule has 1 heterocycles. The SMILES string of the molecule is C=N/C(N)=C\C=C(/C)N1CCC(O)(COC)CC1. The van der Waals surface area contributed by atoms with E-state index < -0.39 is 5.60 Å². The number of ether oxygens (including phenoxy) is 1. The summed E-state index contributed by atoms with van der Waals surface area (Å²) in [6.07, 6.45) is 5.08. The molecular formula is C13H23N3O2. The van der Waals surface area contributed by atoms with Gasteiger partial charge in [-0.05, 0) is 38.6 Å². The summed E-state index contributed by atoms with van der Waals surface area (Å²) in [5.41, 5.74) is 5.98. The monoisotopic (exact) mass is 253 g/mol. The van der Waals surface area contributed by atoms with Crippen LogP contribution in [0.5, 0.6) is 0 Å². The number of piperidine rings is 1. The lowest BCUT2D eigenvalue weighted by Crippen LogP contribution is -2.46. The quantitative estimate of drug-likeness (QED) is 0.563. The van der Waals surface area contributed by atoms with E-state index in [1.807, 2.05) is 13.0 Å². The summed E-state index contributed by atoms with van der Waals surface area (Å²) in [7, 11) is 1.62. The third-order valence-corrected chi connectivity index (χ3v) is 3.28. The van der Waals surface area contributed by atoms with Crippen LogP contribution in [0, 0.1) is 0 Å². The largest absolute Gasteiger partial charge is 0.387 e. The van der Waals surface area contributed by atoms with Crippen LogP contribution in [0.25, 0.3) is 0 Å². The normalized spacial score (nSPS) is 20.9. The second-order valence-electron chi connectivity index (χ2n) is 4.70. The second-order valence-corrected chi connectivity index (χ2v) is 4.70. The molecule has 1 aliphatic heterocycles. The molecule has 1 fully saturated rings. The number of methoxy groups -OCH3 is 1. The van der Waals surface area contributed by atoms with E-state index in [1.54, 1.807) is 13.2 Å². The summed E-state index contributed by atoms with van der Waals surface area (Å²) >= 11 is 0. The van der Waals surface area contributed by atoms with Gasteiger partial charge in [-0.15, -0.1) is 0 Å². The van der Waals surface area contributed by atoms with Crippen molar-refractivity contribution < 1.29 is 9.84 Å². The van der Waals surface area contributed by atoms with Crippen molar-refractivity contribution in [2.75, 3.05) is 26.8 Å². The highest BCUT2D eigenvalue weighted by Crippen LogP contribution is 2.24. The Morgan fingerprint density at radius 2 is 2.11 bits per heavy atom. The fourth-order valence-electron chi connectivity index (χ4n) is 2.05. The number of aliphatic hydroxyl groups is 1. The van der Waals surface area contributed by atoms with Crippen molar-refractivity contribution in [3.63, 3.8) is 0 Å². The van der Waals surface area contributed by atoms with Gasteiger partial charge in [-0.1, -0.05) is 0 Å². The molecule has 3 N–H and O–H groups in total. The van der Waals surface area contributed by atoms with Crippen LogP contribution in [0.15, 0.2) is 28.7 Å². The number of nitrogens with two attached hydrogens (primary N) is 1. The van der Waals surface area contributed by atoms with Gasteiger partial charge in [0.15, 0.2) is 0 Å². The molecule has 0 aromatic carbocycles. The topological polar surface area (TPSA) is 71.1 Å². The summed E-state index contributed by atoms with van der Waals surface area (Å²) in [6.45, 7) is 7.41. The number of likely N-dealkylation sites (tertiary alicyclic amines) is 1. The highest BCUT2D eigenvalue weighted by molar-refractivity contribution is 5.29. The van der Waals surface area contributed by atoms with Gasteiger partial charge >= 0.3 is 0 Å². The van der Waals surface area contributed by atoms with E-state index in [1.165, 1.54) is 0 Å². The number of aliphatic imine (C=N–C) groups is 1. The van der Waals surface area contributed by atoms with Crippen molar-refractivity contribution in [3.8, 4) is 0 Å². The van der Waals surface area contributed by atoms with Crippen LogP contribution < -0.4 is 5.73 Å². The van der Waals surface area contributed by atoms with E-state index in [0.29, 0.717) is 25.3 Å². The minimum absolute atomic E-state index is 0.400. The van der Waals surface area contributed by atoms with Gasteiger partial charge in [-0.25, -0.2) is 4.99 Å². The molecule has 0 radical (unpaired) electrons. The maximum absolute atomic E-state index is 10.2. The van der Waals surface area contributed by atoms with Gasteiger partial charge in [0.05, 0.1) is 12.2 Å². The van der Waals surface area contributed by atoms with Gasteiger partial charge in [0, 0.05) is 25.9 Å². The van der Waals surface area contributed by atoms with Gasteiger partial charge in [-0.3, -0.25) is 0 Å². The zero-order chi connectivity index (χ0) is 13.6. The summed E-state index contributed by atoms with van der Waals surface area (Å²) in [5, 5.41) is 10.2. The summed E-state index contributed by atoms with van der Waals surface area (Å²) in [6, 6.07) is 0. The highest BCUT2D eigenvalue weighted by atomic mass is 16.5. The minimum atomic E-state index is -0.678. The Morgan fingerprint density at radius 3 is 2.61 bits per heavy atom. The molecular weight excluding hydrogens is 230 g/mol. The zero-order valence-electron chi connectivity index (χ0n) is 11.2. The van der Waals surface area contributed by atoms with E-state index in [9.17, 15) is 5.11 Å². The number of allylic oxidation sites excluding steroid dienone is 3. The molecule has 1 saturated heterocycles. The minimum Gasteiger partial charge on any atom is -0.387 e. The van der Waals surface area contributed by atoms with Crippen LogP contribution in [0.3, 0.4) is 0 Å². The molecule has 0 aromatic rings. The van der Waals surface area contributed by atoms with Crippen molar-refractivity contribution >= 4 is 6.72 Å². The fourth-order valence-corrected chi connectivity index (χ4v) is 2.05. The maximum Gasteiger partial charge on any atom is 0.122 e. The first-order valence-electron chi connectivity index (χ1n) is 6.08. The van der Waals surface area contributed by atoms with Crippen LogP contribution in [0.2, 0.25) is 0 Å². The smallest absolute Gasteiger partial charge is 0.122 e. The molecule has 0 unspecified atom stereocenters.